The fourth-order valence-corrected chi connectivity index (χ4v) is 5.68. The molecule has 0 bridgehead atoms. The number of carbonyl (C=O) groups is 3. The highest BCUT2D eigenvalue weighted by Crippen LogP contribution is 2.40. The summed E-state index contributed by atoms with van der Waals surface area (Å²) in [6.07, 6.45) is 1.41. The molecule has 1 aromatic heterocycles. The normalized spacial score (nSPS) is 11.0. The number of H-pyrrole nitrogens is 1. The van der Waals surface area contributed by atoms with Gasteiger partial charge in [-0.25, -0.2) is 10.2 Å². The molecule has 0 aliphatic carbocycles. The van der Waals surface area contributed by atoms with Crippen LogP contribution in [-0.4, -0.2) is 43.3 Å². The summed E-state index contributed by atoms with van der Waals surface area (Å²) in [6, 6.07) is 19.8. The van der Waals surface area contributed by atoms with Gasteiger partial charge < -0.3 is 23.9 Å². The third-order valence-electron chi connectivity index (χ3n) is 6.62. The van der Waals surface area contributed by atoms with Gasteiger partial charge in [-0.3, -0.25) is 9.59 Å². The quantitative estimate of drug-likeness (QED) is 0.0686. The van der Waals surface area contributed by atoms with Crippen molar-refractivity contribution in [2.24, 2.45) is 5.10 Å². The van der Waals surface area contributed by atoms with Crippen molar-refractivity contribution in [3.05, 3.63) is 104 Å². The SMILES string of the molecule is COc1cc(C(=O)Oc2ccc(C=NNC(=O)c3[nH]c4c(Cl)cc(Br)cc4c3-c3ccccc3Cl)cc2OC)ccc1OC(C)=O. The number of methoxy groups -OCH3 is 2. The average Bonchev–Trinajstić information content (AvgIpc) is 3.41. The number of nitrogens with zero attached hydrogens (tertiary/aromatic N) is 1. The van der Waals surface area contributed by atoms with Crippen LogP contribution in [0.1, 0.15) is 33.3 Å². The number of nitrogens with one attached hydrogen (secondary N) is 2. The molecule has 0 unspecified atom stereocenters. The maximum Gasteiger partial charge on any atom is 0.343 e. The maximum atomic E-state index is 13.4. The number of esters is 2. The van der Waals surface area contributed by atoms with Gasteiger partial charge in [0, 0.05) is 32.9 Å². The molecule has 1 heterocycles. The number of amides is 1. The highest BCUT2D eigenvalue weighted by atomic mass is 79.9. The number of hydrogen-bond acceptors (Lipinski definition) is 8. The number of aromatic amines is 1. The number of ether oxygens (including phenoxy) is 4. The standard InChI is InChI=1S/C33H24BrCl2N3O7/c1-17(40)45-25-11-9-19(13-28(25)44-3)33(42)46-26-10-8-18(12-27(26)43-2)16-37-39-32(41)31-29(21-6-4-5-7-23(21)35)22-14-20(34)15-24(36)30(22)38-31/h4-16,38H,1-3H3,(H,39,41). The maximum absolute atomic E-state index is 13.4. The van der Waals surface area contributed by atoms with E-state index in [1.165, 1.54) is 51.6 Å². The predicted octanol–water partition coefficient (Wildman–Crippen LogP) is 7.83. The third-order valence-corrected chi connectivity index (χ3v) is 7.70. The number of aromatic nitrogens is 1. The summed E-state index contributed by atoms with van der Waals surface area (Å²) in [7, 11) is 2.80. The van der Waals surface area contributed by atoms with Crippen molar-refractivity contribution in [3.63, 3.8) is 0 Å². The number of carbonyl (C=O) groups excluding carboxylic acids is 3. The second kappa shape index (κ2) is 14.1. The van der Waals surface area contributed by atoms with Crippen molar-refractivity contribution >= 4 is 74.1 Å². The van der Waals surface area contributed by atoms with Gasteiger partial charge in [0.1, 0.15) is 5.69 Å². The Kier molecular flexibility index (Phi) is 9.96. The van der Waals surface area contributed by atoms with Gasteiger partial charge in [0.05, 0.1) is 36.5 Å². The summed E-state index contributed by atoms with van der Waals surface area (Å²) in [5.74, 6) is -1.01. The van der Waals surface area contributed by atoms with Gasteiger partial charge >= 0.3 is 11.9 Å². The highest BCUT2D eigenvalue weighted by Gasteiger charge is 2.23. The Balaban J connectivity index is 1.35. The third kappa shape index (κ3) is 7.02. The van der Waals surface area contributed by atoms with E-state index in [1.54, 1.807) is 30.3 Å². The first kappa shape index (κ1) is 32.6. The van der Waals surface area contributed by atoms with Gasteiger partial charge in [0.25, 0.3) is 5.91 Å². The summed E-state index contributed by atoms with van der Waals surface area (Å²) < 4.78 is 22.0. The Labute approximate surface area is 281 Å². The van der Waals surface area contributed by atoms with Crippen molar-refractivity contribution in [3.8, 4) is 34.1 Å². The van der Waals surface area contributed by atoms with Crippen molar-refractivity contribution < 1.29 is 33.3 Å². The minimum Gasteiger partial charge on any atom is -0.493 e. The zero-order valence-electron chi connectivity index (χ0n) is 24.4. The van der Waals surface area contributed by atoms with Crippen molar-refractivity contribution in [1.82, 2.24) is 10.4 Å². The average molecular weight is 725 g/mol. The molecule has 13 heteroatoms. The number of halogens is 3. The number of hydrogen-bond donors (Lipinski definition) is 2. The van der Waals surface area contributed by atoms with Crippen LogP contribution in [0.25, 0.3) is 22.0 Å². The van der Waals surface area contributed by atoms with E-state index in [4.69, 9.17) is 42.1 Å². The van der Waals surface area contributed by atoms with E-state index in [0.717, 1.165) is 4.47 Å². The predicted molar refractivity (Wildman–Crippen MR) is 179 cm³/mol. The molecule has 2 N–H and O–H groups in total. The molecule has 46 heavy (non-hydrogen) atoms. The fourth-order valence-electron chi connectivity index (χ4n) is 4.60. The first-order valence-electron chi connectivity index (χ1n) is 13.4. The summed E-state index contributed by atoms with van der Waals surface area (Å²) in [4.78, 5) is 40.7. The monoisotopic (exact) mass is 723 g/mol. The van der Waals surface area contributed by atoms with Crippen LogP contribution < -0.4 is 24.4 Å². The molecule has 5 rings (SSSR count). The molecule has 234 valence electrons. The number of fused-ring (bicyclic) bond motifs is 1. The smallest absolute Gasteiger partial charge is 0.343 e. The summed E-state index contributed by atoms with van der Waals surface area (Å²) in [6.45, 7) is 1.26. The summed E-state index contributed by atoms with van der Waals surface area (Å²) >= 11 is 16.5. The van der Waals surface area contributed by atoms with E-state index >= 15 is 0 Å². The van der Waals surface area contributed by atoms with Gasteiger partial charge in [-0.2, -0.15) is 5.10 Å². The molecule has 0 aliphatic rings. The lowest BCUT2D eigenvalue weighted by Gasteiger charge is -2.12. The molecule has 10 nitrogen and oxygen atoms in total. The first-order valence-corrected chi connectivity index (χ1v) is 15.0. The fraction of sp³-hybridized carbons (Fsp3) is 0.0909. The van der Waals surface area contributed by atoms with E-state index in [2.05, 4.69) is 31.4 Å². The number of hydrazone groups is 1. The molecule has 0 radical (unpaired) electrons. The molecule has 0 atom stereocenters. The van der Waals surface area contributed by atoms with Crippen LogP contribution in [0.5, 0.6) is 23.0 Å². The minimum atomic E-state index is -0.695. The largest absolute Gasteiger partial charge is 0.493 e. The Morgan fingerprint density at radius 2 is 1.54 bits per heavy atom. The minimum absolute atomic E-state index is 0.141. The Hall–Kier alpha value is -4.84. The van der Waals surface area contributed by atoms with Gasteiger partial charge in [0.15, 0.2) is 23.0 Å². The first-order chi connectivity index (χ1) is 22.1. The van der Waals surface area contributed by atoms with Gasteiger partial charge in [-0.15, -0.1) is 0 Å². The second-order valence-electron chi connectivity index (χ2n) is 9.62. The van der Waals surface area contributed by atoms with Crippen LogP contribution >= 0.6 is 39.1 Å². The Morgan fingerprint density at radius 1 is 0.848 bits per heavy atom. The zero-order valence-corrected chi connectivity index (χ0v) is 27.5. The molecule has 5 aromatic rings. The number of rotatable bonds is 9. The van der Waals surface area contributed by atoms with Crippen molar-refractivity contribution in [2.75, 3.05) is 14.2 Å². The summed E-state index contributed by atoms with van der Waals surface area (Å²) in [5.41, 5.74) is 5.25. The molecule has 4 aromatic carbocycles. The topological polar surface area (TPSA) is 128 Å². The lowest BCUT2D eigenvalue weighted by Crippen LogP contribution is -2.19. The van der Waals surface area contributed by atoms with E-state index in [9.17, 15) is 14.4 Å². The summed E-state index contributed by atoms with van der Waals surface area (Å²) in [5, 5.41) is 5.70. The van der Waals surface area contributed by atoms with Crippen molar-refractivity contribution in [1.29, 1.82) is 0 Å². The van der Waals surface area contributed by atoms with Crippen LogP contribution in [0.15, 0.2) is 82.4 Å². The van der Waals surface area contributed by atoms with E-state index in [1.807, 2.05) is 18.2 Å². The molecule has 0 saturated carbocycles. The molecular weight excluding hydrogens is 701 g/mol. The lowest BCUT2D eigenvalue weighted by atomic mass is 10.0. The number of benzene rings is 4. The van der Waals surface area contributed by atoms with E-state index in [-0.39, 0.29) is 34.3 Å². The molecule has 0 spiro atoms. The van der Waals surface area contributed by atoms with Crippen molar-refractivity contribution in [2.45, 2.75) is 6.92 Å². The van der Waals surface area contributed by atoms with E-state index < -0.39 is 17.8 Å². The van der Waals surface area contributed by atoms with Gasteiger partial charge in [-0.05, 0) is 60.2 Å². The van der Waals surface area contributed by atoms with Crippen LogP contribution in [0.4, 0.5) is 0 Å². The molecule has 0 saturated heterocycles. The lowest BCUT2D eigenvalue weighted by molar-refractivity contribution is -0.132. The molecule has 0 fully saturated rings. The van der Waals surface area contributed by atoms with Crippen LogP contribution in [0, 0.1) is 0 Å². The second-order valence-corrected chi connectivity index (χ2v) is 11.4. The van der Waals surface area contributed by atoms with Gasteiger partial charge in [-0.1, -0.05) is 57.3 Å². The van der Waals surface area contributed by atoms with E-state index in [0.29, 0.717) is 37.6 Å². The van der Waals surface area contributed by atoms with Crippen LogP contribution in [0.2, 0.25) is 10.0 Å². The van der Waals surface area contributed by atoms with Crippen LogP contribution in [0.3, 0.4) is 0 Å². The van der Waals surface area contributed by atoms with Crippen LogP contribution in [-0.2, 0) is 4.79 Å². The Morgan fingerprint density at radius 3 is 2.26 bits per heavy atom. The zero-order chi connectivity index (χ0) is 33.0. The Bertz CT molecular complexity index is 2030. The molecule has 0 aliphatic heterocycles. The highest BCUT2D eigenvalue weighted by molar-refractivity contribution is 9.10. The molecular formula is C33H24BrCl2N3O7. The molecule has 1 amide bonds. The van der Waals surface area contributed by atoms with Gasteiger partial charge in [0.2, 0.25) is 0 Å².